The van der Waals surface area contributed by atoms with Gasteiger partial charge in [0.25, 0.3) is 0 Å². The quantitative estimate of drug-likeness (QED) is 0.597. The summed E-state index contributed by atoms with van der Waals surface area (Å²) in [6.45, 7) is 1.91. The van der Waals surface area contributed by atoms with Crippen LogP contribution in [-0.2, 0) is 9.53 Å². The van der Waals surface area contributed by atoms with Gasteiger partial charge in [0, 0.05) is 30.9 Å². The highest BCUT2D eigenvalue weighted by atomic mass is 16.5. The lowest BCUT2D eigenvalue weighted by atomic mass is 9.87. The molecule has 0 fully saturated rings. The van der Waals surface area contributed by atoms with Crippen LogP contribution in [0.2, 0.25) is 0 Å². The van der Waals surface area contributed by atoms with Crippen molar-refractivity contribution in [2.75, 3.05) is 6.54 Å². The summed E-state index contributed by atoms with van der Waals surface area (Å²) in [5, 5.41) is 0. The van der Waals surface area contributed by atoms with Gasteiger partial charge in [-0.1, -0.05) is 67.6 Å². The van der Waals surface area contributed by atoms with Crippen molar-refractivity contribution in [1.29, 1.82) is 0 Å². The zero-order valence-electron chi connectivity index (χ0n) is 13.9. The fraction of sp³-hybridized carbons (Fsp3) is 0.300. The molecule has 0 spiro atoms. The van der Waals surface area contributed by atoms with E-state index in [0.717, 1.165) is 5.56 Å². The first-order chi connectivity index (χ1) is 11.7. The molecule has 0 aliphatic heterocycles. The highest BCUT2D eigenvalue weighted by molar-refractivity contribution is 5.96. The highest BCUT2D eigenvalue weighted by Gasteiger charge is 2.28. The summed E-state index contributed by atoms with van der Waals surface area (Å²) in [7, 11) is 0. The molecule has 4 heteroatoms. The molecule has 4 nitrogen and oxygen atoms in total. The van der Waals surface area contributed by atoms with E-state index in [-0.39, 0.29) is 37.1 Å². The van der Waals surface area contributed by atoms with Gasteiger partial charge in [-0.15, -0.1) is 0 Å². The van der Waals surface area contributed by atoms with Crippen molar-refractivity contribution in [2.24, 2.45) is 5.73 Å². The normalized spacial score (nSPS) is 13.1. The van der Waals surface area contributed by atoms with Gasteiger partial charge < -0.3 is 10.5 Å². The van der Waals surface area contributed by atoms with Crippen molar-refractivity contribution in [2.45, 2.75) is 31.8 Å². The van der Waals surface area contributed by atoms with Crippen LogP contribution in [0.4, 0.5) is 0 Å². The lowest BCUT2D eigenvalue weighted by Crippen LogP contribution is -2.34. The molecule has 0 radical (unpaired) electrons. The predicted octanol–water partition coefficient (Wildman–Crippen LogP) is 3.32. The molecule has 2 aromatic carbocycles. The predicted molar refractivity (Wildman–Crippen MR) is 93.8 cm³/mol. The minimum absolute atomic E-state index is 0.00968. The third-order valence-corrected chi connectivity index (χ3v) is 3.98. The Balaban J connectivity index is 2.25. The summed E-state index contributed by atoms with van der Waals surface area (Å²) < 4.78 is 5.49. The molecule has 2 atom stereocenters. The molecule has 0 saturated heterocycles. The Morgan fingerprint density at radius 1 is 1.00 bits per heavy atom. The minimum atomic E-state index is -0.521. The summed E-state index contributed by atoms with van der Waals surface area (Å²) >= 11 is 0. The maximum atomic E-state index is 12.6. The molecule has 0 aliphatic rings. The number of esters is 1. The molecule has 0 saturated carbocycles. The molecule has 0 heterocycles. The van der Waals surface area contributed by atoms with E-state index >= 15 is 0 Å². The van der Waals surface area contributed by atoms with E-state index in [9.17, 15) is 9.59 Å². The Morgan fingerprint density at radius 2 is 1.58 bits per heavy atom. The molecule has 2 rings (SSSR count). The molecule has 0 bridgehead atoms. The van der Waals surface area contributed by atoms with Crippen molar-refractivity contribution in [3.8, 4) is 0 Å². The van der Waals surface area contributed by atoms with Crippen molar-refractivity contribution in [3.63, 3.8) is 0 Å². The Bertz CT molecular complexity index is 655. The van der Waals surface area contributed by atoms with Crippen LogP contribution in [-0.4, -0.2) is 24.4 Å². The van der Waals surface area contributed by atoms with Crippen molar-refractivity contribution in [1.82, 2.24) is 0 Å². The second-order valence-electron chi connectivity index (χ2n) is 5.63. The average Bonchev–Trinajstić information content (AvgIpc) is 2.65. The smallest absolute Gasteiger partial charge is 0.305 e. The summed E-state index contributed by atoms with van der Waals surface area (Å²) in [5.41, 5.74) is 7.43. The lowest BCUT2D eigenvalue weighted by molar-refractivity contribution is -0.149. The van der Waals surface area contributed by atoms with E-state index in [4.69, 9.17) is 10.5 Å². The molecule has 126 valence electrons. The fourth-order valence-electron chi connectivity index (χ4n) is 2.65. The zero-order chi connectivity index (χ0) is 17.4. The van der Waals surface area contributed by atoms with Crippen LogP contribution in [0.5, 0.6) is 0 Å². The zero-order valence-corrected chi connectivity index (χ0v) is 13.9. The number of nitrogens with two attached hydrogens (primary N) is 1. The summed E-state index contributed by atoms with van der Waals surface area (Å²) in [6, 6.07) is 18.7. The Hall–Kier alpha value is -2.46. The van der Waals surface area contributed by atoms with Crippen molar-refractivity contribution in [3.05, 3.63) is 71.8 Å². The topological polar surface area (TPSA) is 69.4 Å². The van der Waals surface area contributed by atoms with Crippen LogP contribution in [0.25, 0.3) is 0 Å². The molecular formula is C20H23NO3. The van der Waals surface area contributed by atoms with E-state index in [1.54, 1.807) is 19.1 Å². The third kappa shape index (κ3) is 4.77. The largest absolute Gasteiger partial charge is 0.460 e. The number of carbonyl (C=O) groups is 2. The standard InChI is InChI=1S/C20H23NO3/c1-2-20(23)24-19(14-21)17(15-9-5-3-6-10-15)13-18(22)16-11-7-4-8-12-16/h3-12,17,19H,2,13-14,21H2,1H3/t17-,19+/m1/s1. The molecule has 24 heavy (non-hydrogen) atoms. The van der Waals surface area contributed by atoms with Crippen LogP contribution >= 0.6 is 0 Å². The van der Waals surface area contributed by atoms with Gasteiger partial charge in [-0.25, -0.2) is 0 Å². The van der Waals surface area contributed by atoms with E-state index in [1.807, 2.05) is 48.5 Å². The van der Waals surface area contributed by atoms with E-state index < -0.39 is 6.10 Å². The van der Waals surface area contributed by atoms with Gasteiger partial charge in [-0.05, 0) is 5.56 Å². The molecule has 2 aromatic rings. The van der Waals surface area contributed by atoms with Gasteiger partial charge >= 0.3 is 5.97 Å². The summed E-state index contributed by atoms with van der Waals surface area (Å²) in [6.07, 6.45) is 0.00450. The maximum absolute atomic E-state index is 12.6. The van der Waals surface area contributed by atoms with Crippen molar-refractivity contribution >= 4 is 11.8 Å². The van der Waals surface area contributed by atoms with Crippen molar-refractivity contribution < 1.29 is 14.3 Å². The van der Waals surface area contributed by atoms with Crippen LogP contribution in [0.3, 0.4) is 0 Å². The number of rotatable bonds is 8. The first kappa shape index (κ1) is 17.9. The number of hydrogen-bond acceptors (Lipinski definition) is 4. The van der Waals surface area contributed by atoms with E-state index in [2.05, 4.69) is 0 Å². The monoisotopic (exact) mass is 325 g/mol. The maximum Gasteiger partial charge on any atom is 0.305 e. The van der Waals surface area contributed by atoms with E-state index in [1.165, 1.54) is 0 Å². The second-order valence-corrected chi connectivity index (χ2v) is 5.63. The first-order valence-corrected chi connectivity index (χ1v) is 8.18. The minimum Gasteiger partial charge on any atom is -0.460 e. The molecule has 0 amide bonds. The molecule has 0 aliphatic carbocycles. The van der Waals surface area contributed by atoms with Gasteiger partial charge in [0.2, 0.25) is 0 Å². The number of hydrogen-bond donors (Lipinski definition) is 1. The number of benzene rings is 2. The van der Waals surface area contributed by atoms with Crippen LogP contribution < -0.4 is 5.73 Å². The number of ether oxygens (including phenoxy) is 1. The number of ketones is 1. The molecule has 2 N–H and O–H groups in total. The third-order valence-electron chi connectivity index (χ3n) is 3.98. The molecule has 0 aromatic heterocycles. The number of carbonyl (C=O) groups excluding carboxylic acids is 2. The molecule has 0 unspecified atom stereocenters. The van der Waals surface area contributed by atoms with Gasteiger partial charge in [-0.2, -0.15) is 0 Å². The molecular weight excluding hydrogens is 302 g/mol. The summed E-state index contributed by atoms with van der Waals surface area (Å²) in [5.74, 6) is -0.562. The fourth-order valence-corrected chi connectivity index (χ4v) is 2.65. The number of Topliss-reactive ketones (excluding diaryl/α,β-unsaturated/α-hetero) is 1. The average molecular weight is 325 g/mol. The lowest BCUT2D eigenvalue weighted by Gasteiger charge is -2.26. The Labute approximate surface area is 142 Å². The van der Waals surface area contributed by atoms with Crippen LogP contribution in [0.15, 0.2) is 60.7 Å². The van der Waals surface area contributed by atoms with Crippen LogP contribution in [0, 0.1) is 0 Å². The highest BCUT2D eigenvalue weighted by Crippen LogP contribution is 2.27. The van der Waals surface area contributed by atoms with Gasteiger partial charge in [0.15, 0.2) is 5.78 Å². The second kappa shape index (κ2) is 8.99. The first-order valence-electron chi connectivity index (χ1n) is 8.18. The van der Waals surface area contributed by atoms with Crippen LogP contribution in [0.1, 0.15) is 41.6 Å². The SMILES string of the molecule is CCC(=O)O[C@@H](CN)[C@H](CC(=O)c1ccccc1)c1ccccc1. The summed E-state index contributed by atoms with van der Waals surface area (Å²) in [4.78, 5) is 24.3. The van der Waals surface area contributed by atoms with Gasteiger partial charge in [0.05, 0.1) is 0 Å². The Morgan fingerprint density at radius 3 is 2.12 bits per heavy atom. The Kier molecular flexibility index (Phi) is 6.70. The van der Waals surface area contributed by atoms with Gasteiger partial charge in [-0.3, -0.25) is 9.59 Å². The van der Waals surface area contributed by atoms with Gasteiger partial charge in [0.1, 0.15) is 6.10 Å². The van der Waals surface area contributed by atoms with E-state index in [0.29, 0.717) is 5.56 Å².